The molecule has 0 radical (unpaired) electrons. The van der Waals surface area contributed by atoms with Crippen LogP contribution in [0.3, 0.4) is 0 Å². The first kappa shape index (κ1) is 20.1. The number of aromatic nitrogens is 1. The molecule has 0 aliphatic heterocycles. The second-order valence-electron chi connectivity index (χ2n) is 8.53. The summed E-state index contributed by atoms with van der Waals surface area (Å²) in [4.78, 5) is 15.6. The molecule has 3 aromatic rings. The SMILES string of the molecule is C[C@H](Oc1ccc2ncc(/C=C/C(=O)O)c(C3CC3)c2c1)c1c(Cl)cccc1C1CC1. The molecular weight excluding hydrogens is 410 g/mol. The zero-order chi connectivity index (χ0) is 21.5. The monoisotopic (exact) mass is 433 g/mol. The van der Waals surface area contributed by atoms with Crippen LogP contribution in [0.5, 0.6) is 5.75 Å². The Bertz CT molecular complexity index is 1190. The number of hydrogen-bond donors (Lipinski definition) is 1. The van der Waals surface area contributed by atoms with E-state index in [9.17, 15) is 4.79 Å². The van der Waals surface area contributed by atoms with Crippen LogP contribution in [0.4, 0.5) is 0 Å². The average molecular weight is 434 g/mol. The van der Waals surface area contributed by atoms with Crippen LogP contribution in [-0.2, 0) is 4.79 Å². The van der Waals surface area contributed by atoms with Gasteiger partial charge >= 0.3 is 5.97 Å². The fourth-order valence-electron chi connectivity index (χ4n) is 4.40. The maximum atomic E-state index is 11.0. The third-order valence-corrected chi connectivity index (χ3v) is 6.46. The van der Waals surface area contributed by atoms with Gasteiger partial charge in [-0.05, 0) is 91.5 Å². The van der Waals surface area contributed by atoms with E-state index in [1.807, 2.05) is 37.3 Å². The van der Waals surface area contributed by atoms with E-state index in [1.165, 1.54) is 24.5 Å². The molecule has 0 bridgehead atoms. The number of ether oxygens (including phenoxy) is 1. The summed E-state index contributed by atoms with van der Waals surface area (Å²) < 4.78 is 6.38. The number of nitrogens with zero attached hydrogens (tertiary/aromatic N) is 1. The number of halogens is 1. The molecule has 31 heavy (non-hydrogen) atoms. The Balaban J connectivity index is 1.51. The molecule has 2 aliphatic carbocycles. The van der Waals surface area contributed by atoms with E-state index in [1.54, 1.807) is 12.3 Å². The number of benzene rings is 2. The molecule has 2 fully saturated rings. The first-order valence-corrected chi connectivity index (χ1v) is 11.2. The van der Waals surface area contributed by atoms with Crippen molar-refractivity contribution >= 4 is 34.5 Å². The van der Waals surface area contributed by atoms with Crippen molar-refractivity contribution in [2.24, 2.45) is 0 Å². The van der Waals surface area contributed by atoms with Crippen LogP contribution in [-0.4, -0.2) is 16.1 Å². The van der Waals surface area contributed by atoms with Gasteiger partial charge in [0.1, 0.15) is 11.9 Å². The highest BCUT2D eigenvalue weighted by atomic mass is 35.5. The molecule has 0 saturated heterocycles. The maximum Gasteiger partial charge on any atom is 0.328 e. The molecule has 1 heterocycles. The predicted molar refractivity (Wildman–Crippen MR) is 123 cm³/mol. The van der Waals surface area contributed by atoms with Crippen molar-refractivity contribution in [3.8, 4) is 5.75 Å². The summed E-state index contributed by atoms with van der Waals surface area (Å²) in [5.74, 6) is 0.839. The molecule has 2 aliphatic rings. The van der Waals surface area contributed by atoms with Crippen LogP contribution in [0, 0.1) is 0 Å². The number of carbonyl (C=O) groups is 1. The summed E-state index contributed by atoms with van der Waals surface area (Å²) >= 11 is 6.57. The van der Waals surface area contributed by atoms with Crippen LogP contribution in [0.15, 0.2) is 48.7 Å². The second-order valence-corrected chi connectivity index (χ2v) is 8.94. The molecule has 1 atom stereocenters. The highest BCUT2D eigenvalue weighted by Gasteiger charge is 2.30. The van der Waals surface area contributed by atoms with Gasteiger partial charge in [-0.2, -0.15) is 0 Å². The third-order valence-electron chi connectivity index (χ3n) is 6.13. The van der Waals surface area contributed by atoms with E-state index in [-0.39, 0.29) is 6.10 Å². The highest BCUT2D eigenvalue weighted by Crippen LogP contribution is 2.47. The maximum absolute atomic E-state index is 11.0. The largest absolute Gasteiger partial charge is 0.486 e. The lowest BCUT2D eigenvalue weighted by Gasteiger charge is -2.20. The molecule has 4 nitrogen and oxygen atoms in total. The van der Waals surface area contributed by atoms with Gasteiger partial charge < -0.3 is 9.84 Å². The van der Waals surface area contributed by atoms with Gasteiger partial charge in [0.15, 0.2) is 0 Å². The number of aliphatic carboxylic acids is 1. The van der Waals surface area contributed by atoms with Crippen LogP contribution < -0.4 is 4.74 Å². The summed E-state index contributed by atoms with van der Waals surface area (Å²) in [7, 11) is 0. The lowest BCUT2D eigenvalue weighted by atomic mass is 9.98. The predicted octanol–water partition coefficient (Wildman–Crippen LogP) is 6.88. The minimum Gasteiger partial charge on any atom is -0.486 e. The molecule has 2 aromatic carbocycles. The second kappa shape index (κ2) is 8.01. The van der Waals surface area contributed by atoms with E-state index in [0.29, 0.717) is 11.8 Å². The summed E-state index contributed by atoms with van der Waals surface area (Å²) in [5, 5.41) is 10.8. The molecule has 1 aromatic heterocycles. The first-order valence-electron chi connectivity index (χ1n) is 10.8. The zero-order valence-corrected chi connectivity index (χ0v) is 18.1. The number of carboxylic acids is 1. The van der Waals surface area contributed by atoms with E-state index >= 15 is 0 Å². The highest BCUT2D eigenvalue weighted by molar-refractivity contribution is 6.31. The first-order chi connectivity index (χ1) is 15.0. The summed E-state index contributed by atoms with van der Waals surface area (Å²) in [6, 6.07) is 12.1. The van der Waals surface area contributed by atoms with E-state index in [4.69, 9.17) is 21.4 Å². The fourth-order valence-corrected chi connectivity index (χ4v) is 4.73. The third kappa shape index (κ3) is 4.17. The minimum atomic E-state index is -0.959. The van der Waals surface area contributed by atoms with Gasteiger partial charge in [-0.25, -0.2) is 4.79 Å². The standard InChI is InChI=1S/C26H24ClNO3/c1-15(25-20(16-5-6-16)3-2-4-22(25)27)31-19-10-11-23-21(13-19)26(17-7-8-17)18(14-28-23)9-12-24(29)30/h2-4,9-17H,5-8H2,1H3,(H,29,30)/b12-9+/t15-/m0/s1. The normalized spacial score (nSPS) is 17.2. The molecule has 5 rings (SSSR count). The summed E-state index contributed by atoms with van der Waals surface area (Å²) in [6.07, 6.45) is 9.05. The Morgan fingerprint density at radius 3 is 2.68 bits per heavy atom. The van der Waals surface area contributed by atoms with Crippen LogP contribution in [0.25, 0.3) is 17.0 Å². The Morgan fingerprint density at radius 2 is 1.97 bits per heavy atom. The van der Waals surface area contributed by atoms with Crippen molar-refractivity contribution < 1.29 is 14.6 Å². The molecule has 1 N–H and O–H groups in total. The number of carboxylic acid groups (broad SMARTS) is 1. The Labute approximate surface area is 186 Å². The number of rotatable bonds is 7. The van der Waals surface area contributed by atoms with Crippen molar-refractivity contribution in [2.75, 3.05) is 0 Å². The topological polar surface area (TPSA) is 59.4 Å². The van der Waals surface area contributed by atoms with E-state index in [2.05, 4.69) is 11.1 Å². The molecule has 0 amide bonds. The Hall–Kier alpha value is -2.85. The van der Waals surface area contributed by atoms with E-state index in [0.717, 1.165) is 51.2 Å². The van der Waals surface area contributed by atoms with Crippen LogP contribution in [0.1, 0.15) is 72.8 Å². The van der Waals surface area contributed by atoms with Crippen molar-refractivity contribution in [1.29, 1.82) is 0 Å². The molecule has 2 saturated carbocycles. The van der Waals surface area contributed by atoms with Crippen molar-refractivity contribution in [3.63, 3.8) is 0 Å². The summed E-state index contributed by atoms with van der Waals surface area (Å²) in [5.41, 5.74) is 5.29. The van der Waals surface area contributed by atoms with E-state index < -0.39 is 5.97 Å². The Kier molecular flexibility index (Phi) is 5.19. The molecule has 5 heteroatoms. The molecule has 0 spiro atoms. The molecular formula is C26H24ClNO3. The number of pyridine rings is 1. The number of fused-ring (bicyclic) bond motifs is 1. The van der Waals surface area contributed by atoms with Gasteiger partial charge in [-0.15, -0.1) is 0 Å². The molecule has 158 valence electrons. The van der Waals surface area contributed by atoms with Gasteiger partial charge in [-0.3, -0.25) is 4.98 Å². The lowest BCUT2D eigenvalue weighted by molar-refractivity contribution is -0.131. The quantitative estimate of drug-likeness (QED) is 0.412. The molecule has 0 unspecified atom stereocenters. The van der Waals surface area contributed by atoms with Gasteiger partial charge in [0.05, 0.1) is 5.52 Å². The smallest absolute Gasteiger partial charge is 0.328 e. The minimum absolute atomic E-state index is 0.172. The average Bonchev–Trinajstić information content (AvgIpc) is 3.64. The van der Waals surface area contributed by atoms with Gasteiger partial charge in [-0.1, -0.05) is 23.7 Å². The van der Waals surface area contributed by atoms with Crippen LogP contribution in [0.2, 0.25) is 5.02 Å². The van der Waals surface area contributed by atoms with Crippen LogP contribution >= 0.6 is 11.6 Å². The Morgan fingerprint density at radius 1 is 1.19 bits per heavy atom. The van der Waals surface area contributed by atoms with Crippen molar-refractivity contribution in [3.05, 3.63) is 75.9 Å². The van der Waals surface area contributed by atoms with Gasteiger partial charge in [0.2, 0.25) is 0 Å². The summed E-state index contributed by atoms with van der Waals surface area (Å²) in [6.45, 7) is 2.05. The lowest BCUT2D eigenvalue weighted by Crippen LogP contribution is -2.07. The van der Waals surface area contributed by atoms with Gasteiger partial charge in [0, 0.05) is 28.2 Å². The number of hydrogen-bond acceptors (Lipinski definition) is 3. The van der Waals surface area contributed by atoms with Crippen molar-refractivity contribution in [1.82, 2.24) is 4.98 Å². The van der Waals surface area contributed by atoms with Crippen molar-refractivity contribution in [2.45, 2.75) is 50.5 Å². The zero-order valence-electron chi connectivity index (χ0n) is 17.3. The fraction of sp³-hybridized carbons (Fsp3) is 0.308. The van der Waals surface area contributed by atoms with Gasteiger partial charge in [0.25, 0.3) is 0 Å².